The van der Waals surface area contributed by atoms with Crippen molar-refractivity contribution >= 4 is 0 Å². The van der Waals surface area contributed by atoms with Gasteiger partial charge in [0.05, 0.1) is 12.1 Å². The predicted molar refractivity (Wildman–Crippen MR) is 75.1 cm³/mol. The molecule has 4 unspecified atom stereocenters. The Labute approximate surface area is 117 Å². The van der Waals surface area contributed by atoms with Crippen LogP contribution >= 0.6 is 0 Å². The molecule has 2 fully saturated rings. The summed E-state index contributed by atoms with van der Waals surface area (Å²) in [5.41, 5.74) is 0. The van der Waals surface area contributed by atoms with Gasteiger partial charge in [-0.25, -0.2) is 0 Å². The van der Waals surface area contributed by atoms with Crippen molar-refractivity contribution in [2.45, 2.75) is 76.3 Å². The Morgan fingerprint density at radius 2 is 1.16 bits per heavy atom. The van der Waals surface area contributed by atoms with Crippen LogP contribution in [-0.4, -0.2) is 12.1 Å². The number of nitriles is 2. The Morgan fingerprint density at radius 3 is 1.58 bits per heavy atom. The smallest absolute Gasteiger partial charge is 0.0625 e. The highest BCUT2D eigenvalue weighted by Gasteiger charge is 2.31. The molecule has 2 saturated carbocycles. The molecule has 2 aliphatic carbocycles. The Balaban J connectivity index is 1.93. The maximum Gasteiger partial charge on any atom is 0.0625 e. The normalized spacial score (nSPS) is 35.3. The second-order valence-electron chi connectivity index (χ2n) is 6.19. The maximum absolute atomic E-state index is 8.96. The number of hydrogen-bond donors (Lipinski definition) is 1. The minimum absolute atomic E-state index is 0.512. The summed E-state index contributed by atoms with van der Waals surface area (Å²) in [5.74, 6) is 1.06. The van der Waals surface area contributed by atoms with E-state index in [1.807, 2.05) is 0 Å². The first kappa shape index (κ1) is 14.4. The highest BCUT2D eigenvalue weighted by molar-refractivity contribution is 4.93. The van der Waals surface area contributed by atoms with Crippen LogP contribution in [0.4, 0.5) is 0 Å². The van der Waals surface area contributed by atoms with E-state index in [1.165, 1.54) is 51.4 Å². The molecule has 2 aliphatic rings. The summed E-state index contributed by atoms with van der Waals surface area (Å²) in [6, 6.07) is 5.72. The molecule has 0 aromatic rings. The zero-order valence-electron chi connectivity index (χ0n) is 11.8. The molecule has 0 spiro atoms. The highest BCUT2D eigenvalue weighted by Crippen LogP contribution is 2.31. The van der Waals surface area contributed by atoms with Crippen LogP contribution in [0.5, 0.6) is 0 Å². The molecule has 1 N–H and O–H groups in total. The minimum Gasteiger partial charge on any atom is -0.311 e. The van der Waals surface area contributed by atoms with Gasteiger partial charge in [-0.1, -0.05) is 25.7 Å². The lowest BCUT2D eigenvalue weighted by molar-refractivity contribution is 0.187. The van der Waals surface area contributed by atoms with Gasteiger partial charge in [0.25, 0.3) is 0 Å². The van der Waals surface area contributed by atoms with Crippen LogP contribution in [0.15, 0.2) is 0 Å². The molecule has 0 amide bonds. The molecular weight excluding hydrogens is 234 g/mol. The molecule has 4 atom stereocenters. The third kappa shape index (κ3) is 3.95. The largest absolute Gasteiger partial charge is 0.311 e. The van der Waals surface area contributed by atoms with Crippen LogP contribution in [-0.2, 0) is 0 Å². The van der Waals surface area contributed by atoms with Crippen LogP contribution in [0.1, 0.15) is 64.2 Å². The van der Waals surface area contributed by atoms with Crippen LogP contribution < -0.4 is 5.32 Å². The van der Waals surface area contributed by atoms with Gasteiger partial charge in [-0.05, 0) is 37.5 Å². The van der Waals surface area contributed by atoms with Crippen molar-refractivity contribution in [3.63, 3.8) is 0 Å². The van der Waals surface area contributed by atoms with Crippen LogP contribution in [0.25, 0.3) is 0 Å². The molecule has 104 valence electrons. The van der Waals surface area contributed by atoms with Crippen molar-refractivity contribution < 1.29 is 0 Å². The number of nitrogens with one attached hydrogen (secondary N) is 1. The fourth-order valence-corrected chi connectivity index (χ4v) is 3.85. The van der Waals surface area contributed by atoms with Gasteiger partial charge in [0.2, 0.25) is 0 Å². The van der Waals surface area contributed by atoms with E-state index in [1.54, 1.807) is 0 Å². The van der Waals surface area contributed by atoms with E-state index < -0.39 is 0 Å². The topological polar surface area (TPSA) is 59.6 Å². The van der Waals surface area contributed by atoms with E-state index in [0.717, 1.165) is 0 Å². The molecule has 0 heterocycles. The monoisotopic (exact) mass is 259 g/mol. The van der Waals surface area contributed by atoms with Crippen molar-refractivity contribution in [2.75, 3.05) is 0 Å². The average Bonchev–Trinajstić information content (AvgIpc) is 2.44. The van der Waals surface area contributed by atoms with E-state index in [2.05, 4.69) is 17.5 Å². The first-order valence-corrected chi connectivity index (χ1v) is 7.85. The third-order valence-corrected chi connectivity index (χ3v) is 4.95. The SMILES string of the molecule is N#CCC1CCCCC1NC1CCCCC1CC#N. The Kier molecular flexibility index (Phi) is 5.67. The molecule has 2 rings (SSSR count). The first-order valence-electron chi connectivity index (χ1n) is 7.85. The second-order valence-corrected chi connectivity index (χ2v) is 6.19. The van der Waals surface area contributed by atoms with Crippen LogP contribution in [0.3, 0.4) is 0 Å². The lowest BCUT2D eigenvalue weighted by Crippen LogP contribution is -2.48. The molecule has 19 heavy (non-hydrogen) atoms. The molecule has 3 heteroatoms. The van der Waals surface area contributed by atoms with Crippen molar-refractivity contribution in [2.24, 2.45) is 11.8 Å². The van der Waals surface area contributed by atoms with Gasteiger partial charge in [0, 0.05) is 24.9 Å². The average molecular weight is 259 g/mol. The molecule has 0 radical (unpaired) electrons. The van der Waals surface area contributed by atoms with Gasteiger partial charge in [-0.2, -0.15) is 10.5 Å². The number of rotatable bonds is 4. The second kappa shape index (κ2) is 7.51. The fraction of sp³-hybridized carbons (Fsp3) is 0.875. The Morgan fingerprint density at radius 1 is 0.737 bits per heavy atom. The Hall–Kier alpha value is -1.06. The van der Waals surface area contributed by atoms with E-state index in [4.69, 9.17) is 10.5 Å². The predicted octanol–water partition coefficient (Wildman–Crippen LogP) is 3.52. The van der Waals surface area contributed by atoms with Gasteiger partial charge in [-0.15, -0.1) is 0 Å². The zero-order valence-corrected chi connectivity index (χ0v) is 11.8. The molecule has 0 saturated heterocycles. The van der Waals surface area contributed by atoms with Crippen molar-refractivity contribution in [3.8, 4) is 12.1 Å². The standard InChI is InChI=1S/C16H25N3/c17-11-9-13-5-1-3-7-15(13)19-16-8-4-2-6-14(16)10-12-18/h13-16,19H,1-10H2. The quantitative estimate of drug-likeness (QED) is 0.840. The van der Waals surface area contributed by atoms with Crippen LogP contribution in [0, 0.1) is 34.5 Å². The van der Waals surface area contributed by atoms with E-state index >= 15 is 0 Å². The van der Waals surface area contributed by atoms with Crippen molar-refractivity contribution in [1.82, 2.24) is 5.32 Å². The van der Waals surface area contributed by atoms with Crippen LogP contribution in [0.2, 0.25) is 0 Å². The minimum atomic E-state index is 0.512. The summed E-state index contributed by atoms with van der Waals surface area (Å²) in [6.07, 6.45) is 11.3. The highest BCUT2D eigenvalue weighted by atomic mass is 15.0. The lowest BCUT2D eigenvalue weighted by Gasteiger charge is -2.38. The number of hydrogen-bond acceptors (Lipinski definition) is 3. The molecule has 3 nitrogen and oxygen atoms in total. The molecular formula is C16H25N3. The molecule has 0 aromatic heterocycles. The Bertz CT molecular complexity index is 318. The van der Waals surface area contributed by atoms with Crippen molar-refractivity contribution in [1.29, 1.82) is 10.5 Å². The summed E-state index contributed by atoms with van der Waals surface area (Å²) in [6.45, 7) is 0. The lowest BCUT2D eigenvalue weighted by atomic mass is 9.78. The molecule has 0 aromatic carbocycles. The molecule has 0 bridgehead atoms. The summed E-state index contributed by atoms with van der Waals surface area (Å²) < 4.78 is 0. The van der Waals surface area contributed by atoms with E-state index in [9.17, 15) is 0 Å². The fourth-order valence-electron chi connectivity index (χ4n) is 3.85. The maximum atomic E-state index is 8.96. The first-order chi connectivity index (χ1) is 9.35. The van der Waals surface area contributed by atoms with Gasteiger partial charge in [0.1, 0.15) is 0 Å². The summed E-state index contributed by atoms with van der Waals surface area (Å²) >= 11 is 0. The van der Waals surface area contributed by atoms with E-state index in [-0.39, 0.29) is 0 Å². The van der Waals surface area contributed by atoms with Gasteiger partial charge >= 0.3 is 0 Å². The third-order valence-electron chi connectivity index (χ3n) is 4.95. The zero-order chi connectivity index (χ0) is 13.5. The molecule has 0 aliphatic heterocycles. The van der Waals surface area contributed by atoms with Gasteiger partial charge < -0.3 is 5.32 Å². The summed E-state index contributed by atoms with van der Waals surface area (Å²) in [7, 11) is 0. The van der Waals surface area contributed by atoms with Gasteiger partial charge in [-0.3, -0.25) is 0 Å². The summed E-state index contributed by atoms with van der Waals surface area (Å²) in [4.78, 5) is 0. The number of nitrogens with zero attached hydrogens (tertiary/aromatic N) is 2. The van der Waals surface area contributed by atoms with Gasteiger partial charge in [0.15, 0.2) is 0 Å². The summed E-state index contributed by atoms with van der Waals surface area (Å²) in [5, 5.41) is 21.7. The van der Waals surface area contributed by atoms with Crippen molar-refractivity contribution in [3.05, 3.63) is 0 Å². The van der Waals surface area contributed by atoms with E-state index in [0.29, 0.717) is 36.8 Å².